The van der Waals surface area contributed by atoms with E-state index >= 15 is 0 Å². The molecule has 1 aliphatic heterocycles. The molecule has 82 valence electrons. The summed E-state index contributed by atoms with van der Waals surface area (Å²) >= 11 is 0. The molecule has 1 aliphatic rings. The van der Waals surface area contributed by atoms with Crippen LogP contribution in [0.4, 0.5) is 6.01 Å². The maximum Gasteiger partial charge on any atom is 0.292 e. The lowest BCUT2D eigenvalue weighted by molar-refractivity contribution is 0.357. The summed E-state index contributed by atoms with van der Waals surface area (Å²) in [6.07, 6.45) is 0.950. The number of anilines is 1. The van der Waals surface area contributed by atoms with E-state index < -0.39 is 0 Å². The van der Waals surface area contributed by atoms with E-state index in [9.17, 15) is 0 Å². The Morgan fingerprint density at radius 3 is 3.00 bits per heavy atom. The van der Waals surface area contributed by atoms with Crippen molar-refractivity contribution in [3.63, 3.8) is 0 Å². The molecule has 0 unspecified atom stereocenters. The zero-order chi connectivity index (χ0) is 11.1. The molecular formula is C12H12N2O2. The number of nitrogen functional groups attached to an aromatic ring is 1. The van der Waals surface area contributed by atoms with Gasteiger partial charge in [-0.3, -0.25) is 0 Å². The third-order valence-corrected chi connectivity index (χ3v) is 2.76. The zero-order valence-electron chi connectivity index (χ0n) is 8.99. The Labute approximate surface area is 93.0 Å². The number of rotatable bonds is 1. The number of aryl methyl sites for hydroxylation is 1. The van der Waals surface area contributed by atoms with E-state index in [-0.39, 0.29) is 6.01 Å². The molecule has 0 fully saturated rings. The lowest BCUT2D eigenvalue weighted by atomic mass is 10.1. The Bertz CT molecular complexity index is 546. The second kappa shape index (κ2) is 3.27. The highest BCUT2D eigenvalue weighted by molar-refractivity contribution is 5.63. The van der Waals surface area contributed by atoms with Gasteiger partial charge in [-0.25, -0.2) is 0 Å². The second-order valence-electron chi connectivity index (χ2n) is 3.89. The molecule has 2 N–H and O–H groups in total. The highest BCUT2D eigenvalue weighted by Crippen LogP contribution is 2.32. The molecule has 0 saturated carbocycles. The Morgan fingerprint density at radius 1 is 1.38 bits per heavy atom. The highest BCUT2D eigenvalue weighted by Gasteiger charge is 2.15. The van der Waals surface area contributed by atoms with E-state index in [1.807, 2.05) is 19.1 Å². The first-order valence-corrected chi connectivity index (χ1v) is 5.23. The van der Waals surface area contributed by atoms with Crippen LogP contribution in [0.15, 0.2) is 22.6 Å². The van der Waals surface area contributed by atoms with Gasteiger partial charge < -0.3 is 14.9 Å². The van der Waals surface area contributed by atoms with Crippen LogP contribution in [0.3, 0.4) is 0 Å². The molecule has 1 aromatic carbocycles. The largest absolute Gasteiger partial charge is 0.493 e. The van der Waals surface area contributed by atoms with Crippen LogP contribution in [0, 0.1) is 6.92 Å². The predicted octanol–water partition coefficient (Wildman–Crippen LogP) is 2.17. The molecule has 0 aliphatic carbocycles. The normalized spacial score (nSPS) is 13.6. The van der Waals surface area contributed by atoms with Crippen molar-refractivity contribution in [2.24, 2.45) is 0 Å². The van der Waals surface area contributed by atoms with Crippen molar-refractivity contribution in [2.45, 2.75) is 13.3 Å². The fourth-order valence-corrected chi connectivity index (χ4v) is 2.01. The third-order valence-electron chi connectivity index (χ3n) is 2.76. The number of fused-ring (bicyclic) bond motifs is 1. The van der Waals surface area contributed by atoms with E-state index in [4.69, 9.17) is 14.9 Å². The second-order valence-corrected chi connectivity index (χ2v) is 3.89. The molecule has 2 aromatic rings. The minimum Gasteiger partial charge on any atom is -0.493 e. The SMILES string of the molecule is Cc1nc(N)oc1-c1ccc2c(c1)CCO2. The fraction of sp³-hybridized carbons (Fsp3) is 0.250. The molecule has 2 heterocycles. The number of oxazole rings is 1. The number of hydrogen-bond acceptors (Lipinski definition) is 4. The molecule has 0 spiro atoms. The average molecular weight is 216 g/mol. The van der Waals surface area contributed by atoms with Crippen molar-refractivity contribution in [1.82, 2.24) is 4.98 Å². The van der Waals surface area contributed by atoms with Crippen molar-refractivity contribution >= 4 is 6.01 Å². The summed E-state index contributed by atoms with van der Waals surface area (Å²) in [7, 11) is 0. The van der Waals surface area contributed by atoms with Crippen LogP contribution in [0.1, 0.15) is 11.3 Å². The molecule has 4 nitrogen and oxygen atoms in total. The molecule has 4 heteroatoms. The fourth-order valence-electron chi connectivity index (χ4n) is 2.01. The van der Waals surface area contributed by atoms with E-state index in [0.29, 0.717) is 0 Å². The summed E-state index contributed by atoms with van der Waals surface area (Å²) in [6, 6.07) is 6.23. The van der Waals surface area contributed by atoms with Gasteiger partial charge in [-0.15, -0.1) is 0 Å². The van der Waals surface area contributed by atoms with Gasteiger partial charge in [0.25, 0.3) is 6.01 Å². The van der Waals surface area contributed by atoms with E-state index in [0.717, 1.165) is 35.8 Å². The average Bonchev–Trinajstić information content (AvgIpc) is 2.83. The quantitative estimate of drug-likeness (QED) is 0.793. The minimum atomic E-state index is 0.212. The first-order chi connectivity index (χ1) is 7.74. The predicted molar refractivity (Wildman–Crippen MR) is 60.3 cm³/mol. The monoisotopic (exact) mass is 216 g/mol. The number of nitrogens with two attached hydrogens (primary N) is 1. The van der Waals surface area contributed by atoms with Gasteiger partial charge in [0, 0.05) is 12.0 Å². The standard InChI is InChI=1S/C12H12N2O2/c1-7-11(16-12(13)14-7)9-2-3-10-8(6-9)4-5-15-10/h2-3,6H,4-5H2,1H3,(H2,13,14). The summed E-state index contributed by atoms with van der Waals surface area (Å²) in [6.45, 7) is 2.65. The van der Waals surface area contributed by atoms with Gasteiger partial charge in [0.1, 0.15) is 5.75 Å². The summed E-state index contributed by atoms with van der Waals surface area (Å²) in [5, 5.41) is 0. The maximum absolute atomic E-state index is 5.53. The lowest BCUT2D eigenvalue weighted by Crippen LogP contribution is -1.85. The number of aromatic nitrogens is 1. The highest BCUT2D eigenvalue weighted by atomic mass is 16.5. The van der Waals surface area contributed by atoms with Gasteiger partial charge >= 0.3 is 0 Å². The molecule has 0 saturated heterocycles. The van der Waals surface area contributed by atoms with Crippen LogP contribution >= 0.6 is 0 Å². The van der Waals surface area contributed by atoms with Crippen molar-refractivity contribution in [1.29, 1.82) is 0 Å². The summed E-state index contributed by atoms with van der Waals surface area (Å²) in [5.41, 5.74) is 8.56. The first-order valence-electron chi connectivity index (χ1n) is 5.23. The van der Waals surface area contributed by atoms with Gasteiger partial charge in [-0.2, -0.15) is 4.98 Å². The molecule has 16 heavy (non-hydrogen) atoms. The van der Waals surface area contributed by atoms with Crippen LogP contribution in [-0.2, 0) is 6.42 Å². The molecule has 0 bridgehead atoms. The summed E-state index contributed by atoms with van der Waals surface area (Å²) in [4.78, 5) is 4.06. The van der Waals surface area contributed by atoms with Crippen LogP contribution in [-0.4, -0.2) is 11.6 Å². The van der Waals surface area contributed by atoms with Gasteiger partial charge in [-0.05, 0) is 30.7 Å². The molecule has 3 rings (SSSR count). The third kappa shape index (κ3) is 1.34. The van der Waals surface area contributed by atoms with Crippen LogP contribution in [0.5, 0.6) is 5.75 Å². The first kappa shape index (κ1) is 9.27. The number of ether oxygens (including phenoxy) is 1. The Morgan fingerprint density at radius 2 is 2.25 bits per heavy atom. The summed E-state index contributed by atoms with van der Waals surface area (Å²) in [5.74, 6) is 1.71. The van der Waals surface area contributed by atoms with Gasteiger partial charge in [0.2, 0.25) is 0 Å². The van der Waals surface area contributed by atoms with E-state index in [1.54, 1.807) is 0 Å². The number of nitrogens with zero attached hydrogens (tertiary/aromatic N) is 1. The lowest BCUT2D eigenvalue weighted by Gasteiger charge is -2.01. The van der Waals surface area contributed by atoms with Crippen molar-refractivity contribution < 1.29 is 9.15 Å². The van der Waals surface area contributed by atoms with Gasteiger partial charge in [0.05, 0.1) is 12.3 Å². The van der Waals surface area contributed by atoms with Crippen molar-refractivity contribution in [3.8, 4) is 17.1 Å². The zero-order valence-corrected chi connectivity index (χ0v) is 8.99. The minimum absolute atomic E-state index is 0.212. The molecule has 1 aromatic heterocycles. The van der Waals surface area contributed by atoms with Crippen molar-refractivity contribution in [3.05, 3.63) is 29.5 Å². The maximum atomic E-state index is 5.53. The van der Waals surface area contributed by atoms with E-state index in [2.05, 4.69) is 11.1 Å². The smallest absolute Gasteiger partial charge is 0.292 e. The summed E-state index contributed by atoms with van der Waals surface area (Å²) < 4.78 is 10.8. The number of benzene rings is 1. The Hall–Kier alpha value is -1.97. The van der Waals surface area contributed by atoms with Crippen LogP contribution < -0.4 is 10.5 Å². The van der Waals surface area contributed by atoms with Crippen LogP contribution in [0.25, 0.3) is 11.3 Å². The molecular weight excluding hydrogens is 204 g/mol. The molecule has 0 amide bonds. The topological polar surface area (TPSA) is 61.3 Å². The Balaban J connectivity index is 2.10. The molecule has 0 radical (unpaired) electrons. The van der Waals surface area contributed by atoms with Crippen molar-refractivity contribution in [2.75, 3.05) is 12.3 Å². The number of hydrogen-bond donors (Lipinski definition) is 1. The van der Waals surface area contributed by atoms with Gasteiger partial charge in [0.15, 0.2) is 5.76 Å². The van der Waals surface area contributed by atoms with E-state index in [1.165, 1.54) is 5.56 Å². The molecule has 0 atom stereocenters. The van der Waals surface area contributed by atoms with Crippen LogP contribution in [0.2, 0.25) is 0 Å². The van der Waals surface area contributed by atoms with Gasteiger partial charge in [-0.1, -0.05) is 0 Å². The Kier molecular flexibility index (Phi) is 1.89.